The van der Waals surface area contributed by atoms with Crippen LogP contribution >= 0.6 is 0 Å². The van der Waals surface area contributed by atoms with E-state index < -0.39 is 0 Å². The van der Waals surface area contributed by atoms with Gasteiger partial charge < -0.3 is 4.74 Å². The SMILES string of the molecule is CCCC1CCCN(CC(=O)COC)CC1. The van der Waals surface area contributed by atoms with Crippen LogP contribution in [0.25, 0.3) is 0 Å². The summed E-state index contributed by atoms with van der Waals surface area (Å²) in [4.78, 5) is 13.8. The van der Waals surface area contributed by atoms with Gasteiger partial charge in [0.15, 0.2) is 5.78 Å². The van der Waals surface area contributed by atoms with Crippen molar-refractivity contribution in [3.05, 3.63) is 0 Å². The lowest BCUT2D eigenvalue weighted by molar-refractivity contribution is -0.123. The zero-order valence-electron chi connectivity index (χ0n) is 10.7. The van der Waals surface area contributed by atoms with E-state index in [0.29, 0.717) is 6.54 Å². The van der Waals surface area contributed by atoms with Crippen molar-refractivity contribution in [2.75, 3.05) is 33.4 Å². The molecule has 0 aromatic heterocycles. The average molecular weight is 227 g/mol. The number of methoxy groups -OCH3 is 1. The number of ether oxygens (including phenoxy) is 1. The third kappa shape index (κ3) is 5.08. The van der Waals surface area contributed by atoms with Gasteiger partial charge in [-0.1, -0.05) is 19.8 Å². The molecule has 16 heavy (non-hydrogen) atoms. The highest BCUT2D eigenvalue weighted by Crippen LogP contribution is 2.21. The van der Waals surface area contributed by atoms with Gasteiger partial charge >= 0.3 is 0 Å². The van der Waals surface area contributed by atoms with Crippen molar-refractivity contribution in [2.24, 2.45) is 5.92 Å². The van der Waals surface area contributed by atoms with Gasteiger partial charge in [0, 0.05) is 7.11 Å². The van der Waals surface area contributed by atoms with Crippen LogP contribution in [0.2, 0.25) is 0 Å². The van der Waals surface area contributed by atoms with E-state index in [1.165, 1.54) is 32.1 Å². The molecule has 1 fully saturated rings. The van der Waals surface area contributed by atoms with E-state index in [-0.39, 0.29) is 12.4 Å². The number of Topliss-reactive ketones (excluding diaryl/α,β-unsaturated/α-hetero) is 1. The van der Waals surface area contributed by atoms with E-state index in [4.69, 9.17) is 4.74 Å². The van der Waals surface area contributed by atoms with Crippen molar-refractivity contribution in [2.45, 2.75) is 39.0 Å². The predicted molar refractivity (Wildman–Crippen MR) is 65.6 cm³/mol. The van der Waals surface area contributed by atoms with Crippen molar-refractivity contribution >= 4 is 5.78 Å². The lowest BCUT2D eigenvalue weighted by atomic mass is 9.96. The lowest BCUT2D eigenvalue weighted by Crippen LogP contribution is -2.32. The highest BCUT2D eigenvalue weighted by atomic mass is 16.5. The Labute approximate surface area is 99.1 Å². The van der Waals surface area contributed by atoms with Crippen LogP contribution in [0.3, 0.4) is 0 Å². The summed E-state index contributed by atoms with van der Waals surface area (Å²) in [5.74, 6) is 1.09. The first-order valence-corrected chi connectivity index (χ1v) is 6.49. The number of hydrogen-bond acceptors (Lipinski definition) is 3. The number of rotatable bonds is 6. The van der Waals surface area contributed by atoms with Crippen LogP contribution in [0.4, 0.5) is 0 Å². The van der Waals surface area contributed by atoms with Crippen LogP contribution < -0.4 is 0 Å². The minimum atomic E-state index is 0.205. The van der Waals surface area contributed by atoms with Gasteiger partial charge in [-0.15, -0.1) is 0 Å². The van der Waals surface area contributed by atoms with Crippen molar-refractivity contribution < 1.29 is 9.53 Å². The molecular weight excluding hydrogens is 202 g/mol. The first kappa shape index (κ1) is 13.7. The molecule has 0 aliphatic carbocycles. The molecular formula is C13H25NO2. The van der Waals surface area contributed by atoms with Gasteiger partial charge in [0.1, 0.15) is 6.61 Å². The van der Waals surface area contributed by atoms with Crippen LogP contribution in [0.1, 0.15) is 39.0 Å². The topological polar surface area (TPSA) is 29.5 Å². The molecule has 0 radical (unpaired) electrons. The highest BCUT2D eigenvalue weighted by Gasteiger charge is 2.17. The quantitative estimate of drug-likeness (QED) is 0.696. The fourth-order valence-electron chi connectivity index (χ4n) is 2.54. The van der Waals surface area contributed by atoms with E-state index >= 15 is 0 Å². The smallest absolute Gasteiger partial charge is 0.172 e. The van der Waals surface area contributed by atoms with E-state index in [2.05, 4.69) is 11.8 Å². The summed E-state index contributed by atoms with van der Waals surface area (Å²) in [5.41, 5.74) is 0. The minimum Gasteiger partial charge on any atom is -0.377 e. The summed E-state index contributed by atoms with van der Waals surface area (Å²) < 4.78 is 4.86. The average Bonchev–Trinajstić information content (AvgIpc) is 2.45. The van der Waals surface area contributed by atoms with Crippen LogP contribution in [0.15, 0.2) is 0 Å². The molecule has 1 saturated heterocycles. The Hall–Kier alpha value is -0.410. The Kier molecular flexibility index (Phi) is 6.65. The van der Waals surface area contributed by atoms with Gasteiger partial charge in [-0.25, -0.2) is 0 Å². The Balaban J connectivity index is 2.27. The summed E-state index contributed by atoms with van der Waals surface area (Å²) in [5, 5.41) is 0. The highest BCUT2D eigenvalue weighted by molar-refractivity contribution is 5.81. The fourth-order valence-corrected chi connectivity index (χ4v) is 2.54. The Morgan fingerprint density at radius 3 is 2.88 bits per heavy atom. The maximum absolute atomic E-state index is 11.5. The second-order valence-corrected chi connectivity index (χ2v) is 4.83. The molecule has 1 aliphatic rings. The van der Waals surface area contributed by atoms with Gasteiger partial charge in [-0.3, -0.25) is 9.69 Å². The summed E-state index contributed by atoms with van der Waals surface area (Å²) in [7, 11) is 1.58. The standard InChI is InChI=1S/C13H25NO2/c1-3-5-12-6-4-8-14(9-7-12)10-13(15)11-16-2/h12H,3-11H2,1-2H3. The number of likely N-dealkylation sites (tertiary alicyclic amines) is 1. The summed E-state index contributed by atoms with van der Waals surface area (Å²) >= 11 is 0. The number of nitrogens with zero attached hydrogens (tertiary/aromatic N) is 1. The van der Waals surface area contributed by atoms with Crippen LogP contribution in [0, 0.1) is 5.92 Å². The molecule has 0 amide bonds. The first-order chi connectivity index (χ1) is 7.76. The number of hydrogen-bond donors (Lipinski definition) is 0. The van der Waals surface area contributed by atoms with Gasteiger partial charge in [-0.2, -0.15) is 0 Å². The number of carbonyl (C=O) groups excluding carboxylic acids is 1. The fraction of sp³-hybridized carbons (Fsp3) is 0.923. The molecule has 0 spiro atoms. The van der Waals surface area contributed by atoms with Gasteiger partial charge in [0.2, 0.25) is 0 Å². The van der Waals surface area contributed by atoms with E-state index in [1.54, 1.807) is 7.11 Å². The predicted octanol–water partition coefficient (Wildman–Crippen LogP) is 2.10. The maximum Gasteiger partial charge on any atom is 0.172 e. The lowest BCUT2D eigenvalue weighted by Gasteiger charge is -2.18. The van der Waals surface area contributed by atoms with Gasteiger partial charge in [0.05, 0.1) is 6.54 Å². The second-order valence-electron chi connectivity index (χ2n) is 4.83. The third-order valence-corrected chi connectivity index (χ3v) is 3.34. The molecule has 1 heterocycles. The molecule has 3 heteroatoms. The largest absolute Gasteiger partial charge is 0.377 e. The van der Waals surface area contributed by atoms with Crippen LogP contribution in [0.5, 0.6) is 0 Å². The van der Waals surface area contributed by atoms with Gasteiger partial charge in [-0.05, 0) is 38.3 Å². The van der Waals surface area contributed by atoms with Gasteiger partial charge in [0.25, 0.3) is 0 Å². The normalized spacial score (nSPS) is 23.0. The number of ketones is 1. The first-order valence-electron chi connectivity index (χ1n) is 6.49. The van der Waals surface area contributed by atoms with E-state index in [9.17, 15) is 4.79 Å². The molecule has 0 aromatic carbocycles. The molecule has 1 rings (SSSR count). The number of carbonyl (C=O) groups is 1. The zero-order chi connectivity index (χ0) is 11.8. The van der Waals surface area contributed by atoms with Crippen molar-refractivity contribution in [3.63, 3.8) is 0 Å². The summed E-state index contributed by atoms with van der Waals surface area (Å²) in [6.45, 7) is 5.25. The monoisotopic (exact) mass is 227 g/mol. The molecule has 1 atom stereocenters. The van der Waals surface area contributed by atoms with E-state index in [0.717, 1.165) is 19.0 Å². The van der Waals surface area contributed by atoms with Crippen molar-refractivity contribution in [3.8, 4) is 0 Å². The maximum atomic E-state index is 11.5. The molecule has 0 saturated carbocycles. The molecule has 0 aromatic rings. The second kappa shape index (κ2) is 7.80. The van der Waals surface area contributed by atoms with Crippen LogP contribution in [-0.2, 0) is 9.53 Å². The van der Waals surface area contributed by atoms with Crippen molar-refractivity contribution in [1.29, 1.82) is 0 Å². The molecule has 1 aliphatic heterocycles. The molecule has 94 valence electrons. The molecule has 1 unspecified atom stereocenters. The van der Waals surface area contributed by atoms with Crippen LogP contribution in [-0.4, -0.2) is 44.0 Å². The zero-order valence-corrected chi connectivity index (χ0v) is 10.7. The van der Waals surface area contributed by atoms with E-state index in [1.807, 2.05) is 0 Å². The molecule has 0 N–H and O–H groups in total. The van der Waals surface area contributed by atoms with Crippen molar-refractivity contribution in [1.82, 2.24) is 4.90 Å². The molecule has 3 nitrogen and oxygen atoms in total. The minimum absolute atomic E-state index is 0.205. The Morgan fingerprint density at radius 1 is 1.38 bits per heavy atom. The summed E-state index contributed by atoms with van der Waals surface area (Å²) in [6, 6.07) is 0. The Morgan fingerprint density at radius 2 is 2.19 bits per heavy atom. The summed E-state index contributed by atoms with van der Waals surface area (Å²) in [6.07, 6.45) is 6.47. The molecule has 0 bridgehead atoms. The third-order valence-electron chi connectivity index (χ3n) is 3.34. The Bertz CT molecular complexity index is 206.